The Bertz CT molecular complexity index is 1900. The van der Waals surface area contributed by atoms with Crippen molar-refractivity contribution in [2.24, 2.45) is 5.92 Å². The van der Waals surface area contributed by atoms with Gasteiger partial charge in [-0.1, -0.05) is 66.2 Å². The number of nitro groups is 1. The van der Waals surface area contributed by atoms with Crippen LogP contribution < -0.4 is 10.2 Å². The predicted octanol–water partition coefficient (Wildman–Crippen LogP) is 6.49. The Labute approximate surface area is 251 Å². The minimum Gasteiger partial charge on any atom is -0.352 e. The number of carbonyl (C=O) groups excluding carboxylic acids is 3. The fraction of sp³-hybridized carbons (Fsp3) is 0.147. The number of nitro benzene ring substituents is 1. The lowest BCUT2D eigenvalue weighted by molar-refractivity contribution is -0.384. The van der Waals surface area contributed by atoms with Crippen LogP contribution >= 0.6 is 11.6 Å². The Hall–Kier alpha value is -5.08. The number of ketones is 2. The van der Waals surface area contributed by atoms with Gasteiger partial charge < -0.3 is 10.2 Å². The Morgan fingerprint density at radius 2 is 1.63 bits per heavy atom. The predicted molar refractivity (Wildman–Crippen MR) is 164 cm³/mol. The number of para-hydroxylation sites is 2. The summed E-state index contributed by atoms with van der Waals surface area (Å²) >= 11 is 6.15. The first-order valence-electron chi connectivity index (χ1n) is 13.8. The van der Waals surface area contributed by atoms with Crippen LogP contribution in [0.25, 0.3) is 5.57 Å². The number of halogens is 1. The Kier molecular flexibility index (Phi) is 6.07. The van der Waals surface area contributed by atoms with E-state index in [0.29, 0.717) is 21.8 Å². The van der Waals surface area contributed by atoms with Crippen molar-refractivity contribution >= 4 is 51.7 Å². The van der Waals surface area contributed by atoms with Crippen LogP contribution in [0.4, 0.5) is 17.1 Å². The van der Waals surface area contributed by atoms with E-state index in [1.165, 1.54) is 24.3 Å². The highest BCUT2D eigenvalue weighted by molar-refractivity contribution is 6.30. The molecule has 4 atom stereocenters. The zero-order chi connectivity index (χ0) is 30.0. The quantitative estimate of drug-likeness (QED) is 0.162. The first-order valence-corrected chi connectivity index (χ1v) is 14.2. The molecule has 0 unspecified atom stereocenters. The highest BCUT2D eigenvalue weighted by Gasteiger charge is 2.70. The lowest BCUT2D eigenvalue weighted by Gasteiger charge is -2.39. The van der Waals surface area contributed by atoms with Crippen molar-refractivity contribution in [2.75, 3.05) is 10.2 Å². The van der Waals surface area contributed by atoms with Crippen LogP contribution in [0, 0.1) is 16.0 Å². The van der Waals surface area contributed by atoms with Crippen molar-refractivity contribution in [3.05, 3.63) is 141 Å². The second kappa shape index (κ2) is 9.74. The summed E-state index contributed by atoms with van der Waals surface area (Å²) in [5.74, 6) is -2.52. The van der Waals surface area contributed by atoms with Crippen molar-refractivity contribution in [1.29, 1.82) is 0 Å². The molecular weight excluding hydrogens is 566 g/mol. The fourth-order valence-corrected chi connectivity index (χ4v) is 7.25. The smallest absolute Gasteiger partial charge is 0.270 e. The standard InChI is InChI=1S/C34H24ClN3O5/c1-19-17-28-34(25-10-3-4-11-26(25)36-33(34)41)29(31(39)21-7-6-8-23(18-21)38(42)43)30(32(40)20-13-15-22(35)16-14-20)37(28)27-12-5-2-9-24(19)27/h2-18,28-30H,1H3,(H,36,41)/t28-,29+,30-,34+/m1/s1. The lowest BCUT2D eigenvalue weighted by Crippen LogP contribution is -2.51. The van der Waals surface area contributed by atoms with E-state index in [2.05, 4.69) is 5.32 Å². The van der Waals surface area contributed by atoms with E-state index < -0.39 is 40.0 Å². The number of nitrogens with one attached hydrogen (secondary N) is 1. The largest absolute Gasteiger partial charge is 0.352 e. The first kappa shape index (κ1) is 26.8. The van der Waals surface area contributed by atoms with Crippen LogP contribution in [-0.2, 0) is 10.2 Å². The molecule has 3 heterocycles. The number of Topliss-reactive ketones (excluding diaryl/α,β-unsaturated/α-hetero) is 2. The molecule has 7 rings (SSSR count). The summed E-state index contributed by atoms with van der Waals surface area (Å²) in [4.78, 5) is 57.0. The van der Waals surface area contributed by atoms with Crippen LogP contribution in [0.2, 0.25) is 5.02 Å². The maximum atomic E-state index is 14.9. The van der Waals surface area contributed by atoms with E-state index in [1.807, 2.05) is 54.3 Å². The monoisotopic (exact) mass is 589 g/mol. The molecule has 4 aromatic rings. The Morgan fingerprint density at radius 1 is 0.907 bits per heavy atom. The van der Waals surface area contributed by atoms with Gasteiger partial charge in [0.25, 0.3) is 5.69 Å². The van der Waals surface area contributed by atoms with Gasteiger partial charge in [-0.3, -0.25) is 24.5 Å². The molecule has 43 heavy (non-hydrogen) atoms. The average molecular weight is 590 g/mol. The molecule has 4 aromatic carbocycles. The van der Waals surface area contributed by atoms with Crippen molar-refractivity contribution in [3.63, 3.8) is 0 Å². The van der Waals surface area contributed by atoms with Crippen molar-refractivity contribution < 1.29 is 19.3 Å². The molecule has 0 aliphatic carbocycles. The summed E-state index contributed by atoms with van der Waals surface area (Å²) in [5, 5.41) is 15.1. The third-order valence-electron chi connectivity index (χ3n) is 8.91. The number of nitrogens with zero attached hydrogens (tertiary/aromatic N) is 2. The van der Waals surface area contributed by atoms with Gasteiger partial charge in [-0.2, -0.15) is 0 Å². The van der Waals surface area contributed by atoms with Gasteiger partial charge in [0, 0.05) is 45.2 Å². The summed E-state index contributed by atoms with van der Waals surface area (Å²) in [6.07, 6.45) is 1.97. The summed E-state index contributed by atoms with van der Waals surface area (Å²) in [6, 6.07) is 24.9. The zero-order valence-electron chi connectivity index (χ0n) is 22.9. The van der Waals surface area contributed by atoms with E-state index in [4.69, 9.17) is 11.6 Å². The highest BCUT2D eigenvalue weighted by Crippen LogP contribution is 2.58. The number of benzene rings is 4. The third-order valence-corrected chi connectivity index (χ3v) is 9.16. The van der Waals surface area contributed by atoms with Gasteiger partial charge in [-0.05, 0) is 54.5 Å². The number of hydrogen-bond donors (Lipinski definition) is 1. The van der Waals surface area contributed by atoms with Gasteiger partial charge >= 0.3 is 0 Å². The number of hydrogen-bond acceptors (Lipinski definition) is 6. The minimum atomic E-state index is -1.51. The summed E-state index contributed by atoms with van der Waals surface area (Å²) in [6.45, 7) is 1.95. The topological polar surface area (TPSA) is 110 Å². The maximum Gasteiger partial charge on any atom is 0.270 e. The molecule has 1 amide bonds. The SMILES string of the molecule is CC1=C[C@H]2N(c3ccccc31)[C@@H](C(=O)c1ccc(Cl)cc1)[C@@H](C(=O)c1cccc([N+](=O)[O-])c1)[C@@]21C(=O)Nc2ccccc21. The van der Waals surface area contributed by atoms with Gasteiger partial charge in [0.2, 0.25) is 5.91 Å². The van der Waals surface area contributed by atoms with Crippen LogP contribution in [-0.4, -0.2) is 34.5 Å². The molecule has 1 fully saturated rings. The maximum absolute atomic E-state index is 14.9. The number of allylic oxidation sites excluding steroid dienone is 1. The fourth-order valence-electron chi connectivity index (χ4n) is 7.12. The van der Waals surface area contributed by atoms with Crippen molar-refractivity contribution in [3.8, 4) is 0 Å². The van der Waals surface area contributed by atoms with Crippen LogP contribution in [0.1, 0.15) is 38.8 Å². The normalized spacial score (nSPS) is 23.2. The zero-order valence-corrected chi connectivity index (χ0v) is 23.6. The lowest BCUT2D eigenvalue weighted by atomic mass is 9.64. The summed E-state index contributed by atoms with van der Waals surface area (Å²) in [7, 11) is 0. The number of amides is 1. The van der Waals surface area contributed by atoms with E-state index >= 15 is 0 Å². The summed E-state index contributed by atoms with van der Waals surface area (Å²) in [5.41, 5.74) is 2.31. The molecule has 3 aliphatic rings. The molecule has 9 heteroatoms. The van der Waals surface area contributed by atoms with E-state index in [0.717, 1.165) is 16.8 Å². The number of carbonyl (C=O) groups is 3. The van der Waals surface area contributed by atoms with Crippen molar-refractivity contribution in [2.45, 2.75) is 24.4 Å². The molecule has 0 bridgehead atoms. The molecular formula is C34H24ClN3O5. The van der Waals surface area contributed by atoms with Gasteiger partial charge in [-0.15, -0.1) is 0 Å². The molecule has 8 nitrogen and oxygen atoms in total. The molecule has 1 spiro atoms. The van der Waals surface area contributed by atoms with Gasteiger partial charge in [0.15, 0.2) is 11.6 Å². The second-order valence-corrected chi connectivity index (χ2v) is 11.5. The summed E-state index contributed by atoms with van der Waals surface area (Å²) < 4.78 is 0. The molecule has 1 N–H and O–H groups in total. The van der Waals surface area contributed by atoms with Crippen LogP contribution in [0.3, 0.4) is 0 Å². The van der Waals surface area contributed by atoms with E-state index in [-0.39, 0.29) is 17.0 Å². The Morgan fingerprint density at radius 3 is 2.40 bits per heavy atom. The van der Waals surface area contributed by atoms with Gasteiger partial charge in [0.05, 0.1) is 16.9 Å². The third kappa shape index (κ3) is 3.79. The van der Waals surface area contributed by atoms with Crippen LogP contribution in [0.15, 0.2) is 103 Å². The molecule has 0 saturated carbocycles. The molecule has 3 aliphatic heterocycles. The van der Waals surface area contributed by atoms with Gasteiger partial charge in [-0.25, -0.2) is 0 Å². The second-order valence-electron chi connectivity index (χ2n) is 11.1. The molecule has 0 radical (unpaired) electrons. The van der Waals surface area contributed by atoms with Gasteiger partial charge in [0.1, 0.15) is 11.5 Å². The Balaban J connectivity index is 1.55. The average Bonchev–Trinajstić information content (AvgIpc) is 3.49. The minimum absolute atomic E-state index is 0.0542. The van der Waals surface area contributed by atoms with E-state index in [9.17, 15) is 24.5 Å². The molecule has 0 aromatic heterocycles. The highest BCUT2D eigenvalue weighted by atomic mass is 35.5. The van der Waals surface area contributed by atoms with E-state index in [1.54, 1.807) is 36.4 Å². The number of non-ortho nitro benzene ring substituents is 1. The first-order chi connectivity index (χ1) is 20.7. The molecule has 212 valence electrons. The molecule has 1 saturated heterocycles. The van der Waals surface area contributed by atoms with Crippen molar-refractivity contribution in [1.82, 2.24) is 0 Å². The number of anilines is 2. The number of fused-ring (bicyclic) bond motifs is 6. The number of rotatable bonds is 5. The van der Waals surface area contributed by atoms with Crippen LogP contribution in [0.5, 0.6) is 0 Å².